The molecule has 0 aromatic heterocycles. The van der Waals surface area contributed by atoms with Gasteiger partial charge in [0.1, 0.15) is 0 Å². The molecule has 0 bridgehead atoms. The minimum atomic E-state index is -0.110. The third kappa shape index (κ3) is 7.15. The lowest BCUT2D eigenvalue weighted by Crippen LogP contribution is -2.44. The first-order chi connectivity index (χ1) is 11.9. The van der Waals surface area contributed by atoms with Gasteiger partial charge in [0.05, 0.1) is 5.75 Å². The van der Waals surface area contributed by atoms with Gasteiger partial charge in [0.25, 0.3) is 0 Å². The van der Waals surface area contributed by atoms with Crippen LogP contribution in [0.2, 0.25) is 0 Å². The summed E-state index contributed by atoms with van der Waals surface area (Å²) < 4.78 is 0. The molecular formula is C19H23N3OS2. The van der Waals surface area contributed by atoms with E-state index in [1.807, 2.05) is 26.0 Å². The predicted octanol–water partition coefficient (Wildman–Crippen LogP) is 3.86. The Bertz CT molecular complexity index is 725. The van der Waals surface area contributed by atoms with Gasteiger partial charge in [-0.25, -0.2) is 0 Å². The lowest BCUT2D eigenvalue weighted by molar-refractivity contribution is -0.119. The van der Waals surface area contributed by atoms with Gasteiger partial charge in [-0.05, 0) is 61.8 Å². The van der Waals surface area contributed by atoms with Crippen molar-refractivity contribution < 1.29 is 4.79 Å². The van der Waals surface area contributed by atoms with Crippen LogP contribution in [0.3, 0.4) is 0 Å². The topological polar surface area (TPSA) is 53.2 Å². The second-order valence-corrected chi connectivity index (χ2v) is 7.38. The number of carbonyl (C=O) groups is 1. The highest BCUT2D eigenvalue weighted by Crippen LogP contribution is 2.14. The third-order valence-corrected chi connectivity index (χ3v) is 4.63. The van der Waals surface area contributed by atoms with Crippen LogP contribution in [0.15, 0.2) is 42.5 Å². The van der Waals surface area contributed by atoms with Crippen LogP contribution in [0, 0.1) is 20.8 Å². The zero-order valence-corrected chi connectivity index (χ0v) is 16.3. The Labute approximate surface area is 158 Å². The summed E-state index contributed by atoms with van der Waals surface area (Å²) >= 11 is 6.76. The van der Waals surface area contributed by atoms with Crippen molar-refractivity contribution in [1.82, 2.24) is 10.9 Å². The highest BCUT2D eigenvalue weighted by Gasteiger charge is 2.04. The van der Waals surface area contributed by atoms with Crippen molar-refractivity contribution in [3.63, 3.8) is 0 Å². The first-order valence-corrected chi connectivity index (χ1v) is 9.56. The zero-order valence-electron chi connectivity index (χ0n) is 14.7. The van der Waals surface area contributed by atoms with Crippen molar-refractivity contribution in [1.29, 1.82) is 0 Å². The molecular weight excluding hydrogens is 350 g/mol. The van der Waals surface area contributed by atoms with Crippen LogP contribution >= 0.6 is 24.0 Å². The van der Waals surface area contributed by atoms with Crippen LogP contribution in [-0.2, 0) is 10.5 Å². The summed E-state index contributed by atoms with van der Waals surface area (Å²) in [6, 6.07) is 14.4. The van der Waals surface area contributed by atoms with E-state index in [-0.39, 0.29) is 5.91 Å². The molecule has 0 fully saturated rings. The lowest BCUT2D eigenvalue weighted by Gasteiger charge is -2.12. The van der Waals surface area contributed by atoms with Gasteiger partial charge < -0.3 is 5.32 Å². The minimum Gasteiger partial charge on any atom is -0.331 e. The fourth-order valence-corrected chi connectivity index (χ4v) is 3.27. The summed E-state index contributed by atoms with van der Waals surface area (Å²) in [5.41, 5.74) is 11.0. The number of carbonyl (C=O) groups excluding carboxylic acids is 1. The van der Waals surface area contributed by atoms with Crippen LogP contribution in [-0.4, -0.2) is 16.8 Å². The Balaban J connectivity index is 1.68. The number of anilines is 1. The molecule has 6 heteroatoms. The van der Waals surface area contributed by atoms with E-state index in [4.69, 9.17) is 12.2 Å². The standard InChI is InChI=1S/C19H23N3OS2/c1-13-4-6-16(7-5-13)11-25-12-18(23)21-22-19(24)20-17-9-14(2)8-15(3)10-17/h4-10H,11-12H2,1-3H3,(H,21,23)(H2,20,22,24). The van der Waals surface area contributed by atoms with E-state index in [9.17, 15) is 4.79 Å². The van der Waals surface area contributed by atoms with E-state index in [1.165, 1.54) is 11.1 Å². The van der Waals surface area contributed by atoms with E-state index >= 15 is 0 Å². The zero-order chi connectivity index (χ0) is 18.2. The van der Waals surface area contributed by atoms with Crippen LogP contribution in [0.1, 0.15) is 22.3 Å². The predicted molar refractivity (Wildman–Crippen MR) is 111 cm³/mol. The maximum atomic E-state index is 11.9. The molecule has 0 atom stereocenters. The summed E-state index contributed by atoms with van der Waals surface area (Å²) in [6.45, 7) is 6.12. The molecule has 2 aromatic rings. The first-order valence-electron chi connectivity index (χ1n) is 8.00. The number of hydrogen-bond acceptors (Lipinski definition) is 3. The van der Waals surface area contributed by atoms with Gasteiger partial charge in [0.2, 0.25) is 5.91 Å². The molecule has 0 aliphatic heterocycles. The Morgan fingerprint density at radius 1 is 0.960 bits per heavy atom. The molecule has 0 unspecified atom stereocenters. The number of thioether (sulfide) groups is 1. The first kappa shape index (κ1) is 19.3. The largest absolute Gasteiger partial charge is 0.331 e. The second kappa shape index (κ2) is 9.44. The smallest absolute Gasteiger partial charge is 0.248 e. The van der Waals surface area contributed by atoms with Crippen molar-refractivity contribution in [3.05, 3.63) is 64.7 Å². The van der Waals surface area contributed by atoms with Crippen molar-refractivity contribution in [3.8, 4) is 0 Å². The summed E-state index contributed by atoms with van der Waals surface area (Å²) in [4.78, 5) is 11.9. The second-order valence-electron chi connectivity index (χ2n) is 5.98. The van der Waals surface area contributed by atoms with Crippen molar-refractivity contribution in [2.75, 3.05) is 11.1 Å². The number of hydrazine groups is 1. The summed E-state index contributed by atoms with van der Waals surface area (Å²) in [5, 5.41) is 3.43. The monoisotopic (exact) mass is 373 g/mol. The number of rotatable bonds is 5. The average molecular weight is 374 g/mol. The quantitative estimate of drug-likeness (QED) is 0.549. The van der Waals surface area contributed by atoms with E-state index in [0.717, 1.165) is 22.6 Å². The van der Waals surface area contributed by atoms with Gasteiger partial charge in [-0.15, -0.1) is 11.8 Å². The molecule has 0 saturated carbocycles. The van der Waals surface area contributed by atoms with Crippen molar-refractivity contribution in [2.45, 2.75) is 26.5 Å². The summed E-state index contributed by atoms with van der Waals surface area (Å²) in [7, 11) is 0. The molecule has 1 amide bonds. The third-order valence-electron chi connectivity index (χ3n) is 3.42. The van der Waals surface area contributed by atoms with Gasteiger partial charge in [-0.2, -0.15) is 0 Å². The van der Waals surface area contributed by atoms with Crippen LogP contribution in [0.25, 0.3) is 0 Å². The molecule has 25 heavy (non-hydrogen) atoms. The Morgan fingerprint density at radius 3 is 2.24 bits per heavy atom. The Kier molecular flexibility index (Phi) is 7.28. The van der Waals surface area contributed by atoms with E-state index in [1.54, 1.807) is 11.8 Å². The van der Waals surface area contributed by atoms with Crippen LogP contribution in [0.5, 0.6) is 0 Å². The van der Waals surface area contributed by atoms with Crippen LogP contribution in [0.4, 0.5) is 5.69 Å². The maximum absolute atomic E-state index is 11.9. The normalized spacial score (nSPS) is 10.2. The minimum absolute atomic E-state index is 0.110. The lowest BCUT2D eigenvalue weighted by atomic mass is 10.1. The summed E-state index contributed by atoms with van der Waals surface area (Å²) in [5.74, 6) is 1.06. The number of benzene rings is 2. The molecule has 2 rings (SSSR count). The van der Waals surface area contributed by atoms with Gasteiger partial charge in [0.15, 0.2) is 5.11 Å². The number of amides is 1. The molecule has 132 valence electrons. The highest BCUT2D eigenvalue weighted by molar-refractivity contribution is 7.99. The fraction of sp³-hybridized carbons (Fsp3) is 0.263. The van der Waals surface area contributed by atoms with E-state index in [2.05, 4.69) is 53.4 Å². The number of nitrogens with one attached hydrogen (secondary N) is 3. The van der Waals surface area contributed by atoms with E-state index in [0.29, 0.717) is 10.9 Å². The molecule has 0 saturated heterocycles. The fourth-order valence-electron chi connectivity index (χ4n) is 2.32. The molecule has 3 N–H and O–H groups in total. The molecule has 4 nitrogen and oxygen atoms in total. The van der Waals surface area contributed by atoms with Crippen LogP contribution < -0.4 is 16.2 Å². The van der Waals surface area contributed by atoms with Crippen molar-refractivity contribution >= 4 is 40.7 Å². The van der Waals surface area contributed by atoms with Crippen molar-refractivity contribution in [2.24, 2.45) is 0 Å². The van der Waals surface area contributed by atoms with Gasteiger partial charge in [-0.1, -0.05) is 35.9 Å². The number of aryl methyl sites for hydroxylation is 3. The number of hydrogen-bond donors (Lipinski definition) is 3. The summed E-state index contributed by atoms with van der Waals surface area (Å²) in [6.07, 6.45) is 0. The molecule has 0 aliphatic carbocycles. The average Bonchev–Trinajstić information content (AvgIpc) is 2.54. The molecule has 0 spiro atoms. The molecule has 2 aromatic carbocycles. The molecule has 0 heterocycles. The van der Waals surface area contributed by atoms with Gasteiger partial charge in [0, 0.05) is 11.4 Å². The Hall–Kier alpha value is -2.05. The highest BCUT2D eigenvalue weighted by atomic mass is 32.2. The Morgan fingerprint density at radius 2 is 1.60 bits per heavy atom. The van der Waals surface area contributed by atoms with Gasteiger partial charge in [-0.3, -0.25) is 15.6 Å². The molecule has 0 radical (unpaired) electrons. The maximum Gasteiger partial charge on any atom is 0.248 e. The van der Waals surface area contributed by atoms with E-state index < -0.39 is 0 Å². The number of thiocarbonyl (C=S) groups is 1. The SMILES string of the molecule is Cc1ccc(CSCC(=O)NNC(=S)Nc2cc(C)cc(C)c2)cc1. The molecule has 0 aliphatic rings. The van der Waals surface area contributed by atoms with Gasteiger partial charge >= 0.3 is 0 Å².